The third-order valence-electron chi connectivity index (χ3n) is 3.97. The minimum absolute atomic E-state index is 0.0408. The number of nitrogens with zero attached hydrogens (tertiary/aromatic N) is 1. The van der Waals surface area contributed by atoms with Gasteiger partial charge in [0.05, 0.1) is 17.7 Å². The SMILES string of the molecule is CCCOc1c(Br)cc(/C=C(\C#N)C(=O)Nc2cccc(Cl)c2C)cc1OCC. The van der Waals surface area contributed by atoms with Gasteiger partial charge in [-0.15, -0.1) is 0 Å². The predicted octanol–water partition coefficient (Wildman–Crippen LogP) is 6.14. The molecule has 2 aromatic carbocycles. The number of rotatable bonds is 8. The first kappa shape index (κ1) is 22.8. The Labute approximate surface area is 184 Å². The van der Waals surface area contributed by atoms with E-state index in [1.807, 2.05) is 19.9 Å². The van der Waals surface area contributed by atoms with Gasteiger partial charge in [0, 0.05) is 10.7 Å². The van der Waals surface area contributed by atoms with Crippen LogP contribution in [0, 0.1) is 18.3 Å². The Bertz CT molecular complexity index is 967. The van der Waals surface area contributed by atoms with Crippen LogP contribution in [-0.2, 0) is 4.79 Å². The van der Waals surface area contributed by atoms with E-state index in [4.69, 9.17) is 21.1 Å². The summed E-state index contributed by atoms with van der Waals surface area (Å²) < 4.78 is 12.1. The van der Waals surface area contributed by atoms with Gasteiger partial charge in [-0.1, -0.05) is 24.6 Å². The minimum Gasteiger partial charge on any atom is -0.490 e. The van der Waals surface area contributed by atoms with Crippen LogP contribution in [0.1, 0.15) is 31.4 Å². The zero-order chi connectivity index (χ0) is 21.4. The highest BCUT2D eigenvalue weighted by Crippen LogP contribution is 2.37. The van der Waals surface area contributed by atoms with Crippen LogP contribution in [0.4, 0.5) is 5.69 Å². The van der Waals surface area contributed by atoms with E-state index in [1.54, 1.807) is 37.3 Å². The van der Waals surface area contributed by atoms with Crippen LogP contribution in [0.15, 0.2) is 40.4 Å². The van der Waals surface area contributed by atoms with Crippen LogP contribution in [0.25, 0.3) is 6.08 Å². The molecule has 29 heavy (non-hydrogen) atoms. The standard InChI is InChI=1S/C22H22BrClN2O3/c1-4-9-29-21-17(23)11-15(12-20(21)28-5-2)10-16(13-25)22(27)26-19-8-6-7-18(24)14(19)3/h6-8,10-12H,4-5,9H2,1-3H3,(H,26,27)/b16-10+. The Kier molecular flexibility index (Phi) is 8.56. The second kappa shape index (κ2) is 10.9. The third-order valence-corrected chi connectivity index (χ3v) is 4.97. The lowest BCUT2D eigenvalue weighted by Gasteiger charge is -2.14. The smallest absolute Gasteiger partial charge is 0.266 e. The molecule has 0 spiro atoms. The molecular formula is C22H22BrClN2O3. The van der Waals surface area contributed by atoms with Crippen LogP contribution < -0.4 is 14.8 Å². The van der Waals surface area contributed by atoms with Gasteiger partial charge in [-0.3, -0.25) is 4.79 Å². The van der Waals surface area contributed by atoms with Crippen molar-refractivity contribution in [3.05, 3.63) is 56.5 Å². The van der Waals surface area contributed by atoms with Crippen molar-refractivity contribution in [2.75, 3.05) is 18.5 Å². The van der Waals surface area contributed by atoms with E-state index in [0.717, 1.165) is 12.0 Å². The lowest BCUT2D eigenvalue weighted by atomic mass is 10.1. The van der Waals surface area contributed by atoms with Crippen molar-refractivity contribution in [2.45, 2.75) is 27.2 Å². The number of carbonyl (C=O) groups excluding carboxylic acids is 1. The molecule has 0 radical (unpaired) electrons. The van der Waals surface area contributed by atoms with Gasteiger partial charge in [0.2, 0.25) is 0 Å². The molecule has 0 aliphatic carbocycles. The summed E-state index contributed by atoms with van der Waals surface area (Å²) in [5.74, 6) is 0.631. The highest BCUT2D eigenvalue weighted by Gasteiger charge is 2.15. The predicted molar refractivity (Wildman–Crippen MR) is 120 cm³/mol. The zero-order valence-corrected chi connectivity index (χ0v) is 18.9. The summed E-state index contributed by atoms with van der Waals surface area (Å²) >= 11 is 9.58. The summed E-state index contributed by atoms with van der Waals surface area (Å²) in [5, 5.41) is 12.8. The highest BCUT2D eigenvalue weighted by atomic mass is 79.9. The van der Waals surface area contributed by atoms with Crippen molar-refractivity contribution >= 4 is 45.2 Å². The molecule has 1 amide bonds. The van der Waals surface area contributed by atoms with E-state index in [-0.39, 0.29) is 5.57 Å². The first-order chi connectivity index (χ1) is 13.9. The second-order valence-electron chi connectivity index (χ2n) is 6.15. The molecule has 0 bridgehead atoms. The first-order valence-electron chi connectivity index (χ1n) is 9.18. The van der Waals surface area contributed by atoms with E-state index in [1.165, 1.54) is 6.08 Å². The van der Waals surface area contributed by atoms with Gasteiger partial charge in [0.1, 0.15) is 11.6 Å². The molecule has 0 aromatic heterocycles. The van der Waals surface area contributed by atoms with Gasteiger partial charge in [0.25, 0.3) is 5.91 Å². The molecular weight excluding hydrogens is 456 g/mol. The van der Waals surface area contributed by atoms with E-state index in [9.17, 15) is 10.1 Å². The zero-order valence-electron chi connectivity index (χ0n) is 16.5. The minimum atomic E-state index is -0.516. The summed E-state index contributed by atoms with van der Waals surface area (Å²) in [6, 6.07) is 10.7. The van der Waals surface area contributed by atoms with E-state index >= 15 is 0 Å². The average Bonchev–Trinajstić information content (AvgIpc) is 2.69. The molecule has 152 valence electrons. The fourth-order valence-electron chi connectivity index (χ4n) is 2.53. The maximum Gasteiger partial charge on any atom is 0.266 e. The molecule has 0 aliphatic heterocycles. The van der Waals surface area contributed by atoms with Crippen LogP contribution in [0.3, 0.4) is 0 Å². The molecule has 5 nitrogen and oxygen atoms in total. The lowest BCUT2D eigenvalue weighted by molar-refractivity contribution is -0.112. The maximum absolute atomic E-state index is 12.6. The Morgan fingerprint density at radius 3 is 2.72 bits per heavy atom. The number of carbonyl (C=O) groups is 1. The molecule has 7 heteroatoms. The number of hydrogen-bond acceptors (Lipinski definition) is 4. The van der Waals surface area contributed by atoms with Crippen LogP contribution in [0.5, 0.6) is 11.5 Å². The van der Waals surface area contributed by atoms with Crippen molar-refractivity contribution < 1.29 is 14.3 Å². The van der Waals surface area contributed by atoms with Gasteiger partial charge in [-0.25, -0.2) is 0 Å². The Morgan fingerprint density at radius 2 is 2.07 bits per heavy atom. The molecule has 0 unspecified atom stereocenters. The van der Waals surface area contributed by atoms with Gasteiger partial charge < -0.3 is 14.8 Å². The lowest BCUT2D eigenvalue weighted by Crippen LogP contribution is -2.14. The van der Waals surface area contributed by atoms with Crippen LogP contribution in [0.2, 0.25) is 5.02 Å². The third kappa shape index (κ3) is 5.99. The van der Waals surface area contributed by atoms with Gasteiger partial charge in [-0.2, -0.15) is 5.26 Å². The molecule has 0 atom stereocenters. The quantitative estimate of drug-likeness (QED) is 0.366. The number of nitriles is 1. The molecule has 2 aromatic rings. The number of amides is 1. The van der Waals surface area contributed by atoms with E-state index in [0.29, 0.717) is 45.5 Å². The number of nitrogens with one attached hydrogen (secondary N) is 1. The number of halogens is 2. The van der Waals surface area contributed by atoms with Crippen molar-refractivity contribution in [1.29, 1.82) is 5.26 Å². The Hall–Kier alpha value is -2.49. The fourth-order valence-corrected chi connectivity index (χ4v) is 3.27. The molecule has 2 rings (SSSR count). The Morgan fingerprint density at radius 1 is 1.31 bits per heavy atom. The average molecular weight is 478 g/mol. The van der Waals surface area contributed by atoms with Crippen molar-refractivity contribution in [2.24, 2.45) is 0 Å². The molecule has 0 fully saturated rings. The van der Waals surface area contributed by atoms with Crippen molar-refractivity contribution in [3.8, 4) is 17.6 Å². The molecule has 0 aliphatic rings. The van der Waals surface area contributed by atoms with E-state index in [2.05, 4.69) is 21.2 Å². The van der Waals surface area contributed by atoms with Crippen LogP contribution in [-0.4, -0.2) is 19.1 Å². The summed E-state index contributed by atoms with van der Waals surface area (Å²) in [6.45, 7) is 6.71. The van der Waals surface area contributed by atoms with Gasteiger partial charge in [-0.05, 0) is 77.7 Å². The normalized spacial score (nSPS) is 11.0. The number of anilines is 1. The van der Waals surface area contributed by atoms with E-state index < -0.39 is 5.91 Å². The number of ether oxygens (including phenoxy) is 2. The first-order valence-corrected chi connectivity index (χ1v) is 10.4. The summed E-state index contributed by atoms with van der Waals surface area (Å²) in [6.07, 6.45) is 2.37. The largest absolute Gasteiger partial charge is 0.490 e. The van der Waals surface area contributed by atoms with Crippen molar-refractivity contribution in [3.63, 3.8) is 0 Å². The monoisotopic (exact) mass is 476 g/mol. The van der Waals surface area contributed by atoms with Crippen LogP contribution >= 0.6 is 27.5 Å². The van der Waals surface area contributed by atoms with Gasteiger partial charge >= 0.3 is 0 Å². The molecule has 0 saturated heterocycles. The molecule has 1 N–H and O–H groups in total. The summed E-state index contributed by atoms with van der Waals surface area (Å²) in [7, 11) is 0. The molecule has 0 saturated carbocycles. The number of benzene rings is 2. The molecule has 0 heterocycles. The number of hydrogen-bond donors (Lipinski definition) is 1. The Balaban J connectivity index is 2.35. The summed E-state index contributed by atoms with van der Waals surface area (Å²) in [5.41, 5.74) is 1.89. The van der Waals surface area contributed by atoms with Gasteiger partial charge in [0.15, 0.2) is 11.5 Å². The topological polar surface area (TPSA) is 71.3 Å². The highest BCUT2D eigenvalue weighted by molar-refractivity contribution is 9.10. The van der Waals surface area contributed by atoms with Crippen molar-refractivity contribution in [1.82, 2.24) is 0 Å². The second-order valence-corrected chi connectivity index (χ2v) is 7.41. The summed E-state index contributed by atoms with van der Waals surface area (Å²) in [4.78, 5) is 12.6. The fraction of sp³-hybridized carbons (Fsp3) is 0.273. The maximum atomic E-state index is 12.6.